The molecule has 0 saturated carbocycles. The molecule has 0 bridgehead atoms. The fraction of sp³-hybridized carbons (Fsp3) is 0.690. The predicted octanol–water partition coefficient (Wildman–Crippen LogP) is 1.12. The molecular formula is C29H42N6O10S. The predicted molar refractivity (Wildman–Crippen MR) is 165 cm³/mol. The van der Waals surface area contributed by atoms with Gasteiger partial charge in [-0.2, -0.15) is 0 Å². The van der Waals surface area contributed by atoms with Gasteiger partial charge in [-0.1, -0.05) is 5.11 Å². The molecular weight excluding hydrogens is 624 g/mol. The van der Waals surface area contributed by atoms with Crippen LogP contribution in [-0.2, 0) is 47.8 Å². The number of Topliss-reactive ketones (excluding diaryl/α,β-unsaturated/α-hetero) is 2. The minimum atomic E-state index is -0.569. The molecule has 2 heterocycles. The van der Waals surface area contributed by atoms with E-state index < -0.39 is 17.1 Å². The van der Waals surface area contributed by atoms with Crippen molar-refractivity contribution in [1.29, 1.82) is 0 Å². The normalized spacial score (nSPS) is 16.0. The Bertz CT molecular complexity index is 1140. The molecule has 0 spiro atoms. The minimum absolute atomic E-state index is 0.0283. The van der Waals surface area contributed by atoms with Gasteiger partial charge in [0.1, 0.15) is 11.6 Å². The van der Waals surface area contributed by atoms with E-state index >= 15 is 0 Å². The van der Waals surface area contributed by atoms with Gasteiger partial charge in [-0.15, -0.1) is 11.8 Å². The number of ketones is 2. The third-order valence-electron chi connectivity index (χ3n) is 6.81. The average Bonchev–Trinajstić information content (AvgIpc) is 3.49. The van der Waals surface area contributed by atoms with Crippen molar-refractivity contribution < 1.29 is 47.8 Å². The number of imide groups is 2. The third-order valence-corrected chi connectivity index (χ3v) is 8.02. The minimum Gasteiger partial charge on any atom is -0.381 e. The van der Waals surface area contributed by atoms with Crippen molar-refractivity contribution in [3.8, 4) is 0 Å². The third kappa shape index (κ3) is 15.6. The average molecular weight is 667 g/mol. The highest BCUT2D eigenvalue weighted by Gasteiger charge is 2.38. The zero-order valence-electron chi connectivity index (χ0n) is 25.9. The van der Waals surface area contributed by atoms with Crippen LogP contribution in [0.4, 0.5) is 0 Å². The number of hydrogen-bond acceptors (Lipinski definition) is 12. The Labute approximate surface area is 271 Å². The van der Waals surface area contributed by atoms with E-state index in [1.54, 1.807) is 0 Å². The summed E-state index contributed by atoms with van der Waals surface area (Å²) in [6.45, 7) is 2.67. The van der Waals surface area contributed by atoms with E-state index in [1.165, 1.54) is 23.9 Å². The lowest BCUT2D eigenvalue weighted by Crippen LogP contribution is -2.33. The lowest BCUT2D eigenvalue weighted by molar-refractivity contribution is -0.139. The Kier molecular flexibility index (Phi) is 19.1. The second kappa shape index (κ2) is 22.8. The van der Waals surface area contributed by atoms with E-state index in [-0.39, 0.29) is 87.4 Å². The van der Waals surface area contributed by atoms with Crippen molar-refractivity contribution in [2.75, 3.05) is 71.6 Å². The maximum atomic E-state index is 12.7. The largest absolute Gasteiger partial charge is 0.381 e. The first-order chi connectivity index (χ1) is 22.2. The lowest BCUT2D eigenvalue weighted by Gasteiger charge is -2.14. The summed E-state index contributed by atoms with van der Waals surface area (Å²) >= 11 is 1.25. The van der Waals surface area contributed by atoms with Gasteiger partial charge in [0.05, 0.1) is 31.7 Å². The molecule has 1 atom stereocenters. The Morgan fingerprint density at radius 3 is 2.04 bits per heavy atom. The van der Waals surface area contributed by atoms with Gasteiger partial charge in [-0.05, 0) is 18.4 Å². The number of nitrogens with zero attached hydrogens (tertiary/aromatic N) is 5. The highest BCUT2D eigenvalue weighted by molar-refractivity contribution is 8.00. The molecule has 0 aromatic carbocycles. The molecule has 46 heavy (non-hydrogen) atoms. The number of thioether (sulfide) groups is 1. The zero-order chi connectivity index (χ0) is 33.6. The van der Waals surface area contributed by atoms with Crippen molar-refractivity contribution in [2.45, 2.75) is 56.6 Å². The number of amides is 5. The van der Waals surface area contributed by atoms with E-state index in [4.69, 9.17) is 19.7 Å². The molecule has 1 fully saturated rings. The SMILES string of the molecule is [N-]=[N+]=NCCOCCOCCNC(=O)CCSC1CC(=O)N(CCC(=O)CCCOCCCC(=O)CCN2C(=O)C=CC2=O)C1=O. The topological polar surface area (TPSA) is 214 Å². The summed E-state index contributed by atoms with van der Waals surface area (Å²) in [6.07, 6.45) is 4.23. The first-order valence-corrected chi connectivity index (χ1v) is 16.3. The molecule has 0 aliphatic carbocycles. The smallest absolute Gasteiger partial charge is 0.253 e. The Morgan fingerprint density at radius 2 is 1.41 bits per heavy atom. The van der Waals surface area contributed by atoms with Gasteiger partial charge in [-0.3, -0.25) is 43.4 Å². The number of likely N-dealkylation sites (tertiary alicyclic amines) is 1. The van der Waals surface area contributed by atoms with Crippen LogP contribution in [0.5, 0.6) is 0 Å². The maximum Gasteiger partial charge on any atom is 0.253 e. The summed E-state index contributed by atoms with van der Waals surface area (Å²) in [5.41, 5.74) is 8.16. The van der Waals surface area contributed by atoms with E-state index in [0.717, 1.165) is 9.80 Å². The monoisotopic (exact) mass is 666 g/mol. The summed E-state index contributed by atoms with van der Waals surface area (Å²) in [5.74, 6) is -1.47. The van der Waals surface area contributed by atoms with Crippen molar-refractivity contribution in [1.82, 2.24) is 15.1 Å². The van der Waals surface area contributed by atoms with Gasteiger partial charge in [0.2, 0.25) is 17.7 Å². The van der Waals surface area contributed by atoms with Crippen LogP contribution in [0.3, 0.4) is 0 Å². The quantitative estimate of drug-likeness (QED) is 0.0431. The van der Waals surface area contributed by atoms with Gasteiger partial charge in [0.15, 0.2) is 0 Å². The summed E-state index contributed by atoms with van der Waals surface area (Å²) in [5, 5.41) is 5.49. The zero-order valence-corrected chi connectivity index (χ0v) is 26.7. The molecule has 0 aromatic rings. The number of carbonyl (C=O) groups excluding carboxylic acids is 7. The Hall–Kier alpha value is -3.63. The molecule has 1 unspecified atom stereocenters. The molecule has 2 aliphatic heterocycles. The molecule has 254 valence electrons. The van der Waals surface area contributed by atoms with Crippen molar-refractivity contribution in [3.05, 3.63) is 22.6 Å². The lowest BCUT2D eigenvalue weighted by atomic mass is 10.1. The van der Waals surface area contributed by atoms with Crippen LogP contribution < -0.4 is 5.32 Å². The summed E-state index contributed by atoms with van der Waals surface area (Å²) in [6, 6.07) is 0. The molecule has 0 radical (unpaired) electrons. The van der Waals surface area contributed by atoms with E-state index in [2.05, 4.69) is 15.3 Å². The molecule has 1 N–H and O–H groups in total. The first kappa shape index (κ1) is 38.6. The number of rotatable bonds is 27. The van der Waals surface area contributed by atoms with Crippen LogP contribution in [0.25, 0.3) is 10.4 Å². The molecule has 16 nitrogen and oxygen atoms in total. The van der Waals surface area contributed by atoms with Gasteiger partial charge < -0.3 is 19.5 Å². The van der Waals surface area contributed by atoms with Crippen LogP contribution in [0, 0.1) is 0 Å². The van der Waals surface area contributed by atoms with Gasteiger partial charge in [-0.25, -0.2) is 0 Å². The van der Waals surface area contributed by atoms with Crippen LogP contribution in [0.1, 0.15) is 51.4 Å². The van der Waals surface area contributed by atoms with Crippen molar-refractivity contribution >= 4 is 52.9 Å². The van der Waals surface area contributed by atoms with Crippen molar-refractivity contribution in [2.24, 2.45) is 5.11 Å². The van der Waals surface area contributed by atoms with E-state index in [9.17, 15) is 33.6 Å². The van der Waals surface area contributed by atoms with Crippen LogP contribution >= 0.6 is 11.8 Å². The molecule has 17 heteroatoms. The molecule has 1 saturated heterocycles. The number of carbonyl (C=O) groups is 7. The fourth-order valence-corrected chi connectivity index (χ4v) is 5.47. The standard InChI is InChI=1S/C29H42N6O10S/c30-33-32-11-17-45-19-18-44-16-10-31-25(38)9-20-46-24-21-28(41)35(29(24)42)13-8-23(37)4-2-15-43-14-1-3-22(36)7-12-34-26(39)5-6-27(34)40/h5-6,24H,1-4,7-21H2,(H,31,38). The molecule has 5 amide bonds. The summed E-state index contributed by atoms with van der Waals surface area (Å²) < 4.78 is 16.0. The summed E-state index contributed by atoms with van der Waals surface area (Å²) in [7, 11) is 0. The summed E-state index contributed by atoms with van der Waals surface area (Å²) in [4.78, 5) is 89.0. The van der Waals surface area contributed by atoms with Crippen molar-refractivity contribution in [3.63, 3.8) is 0 Å². The van der Waals surface area contributed by atoms with E-state index in [0.29, 0.717) is 64.8 Å². The molecule has 2 rings (SSSR count). The Morgan fingerprint density at radius 1 is 0.826 bits per heavy atom. The highest BCUT2D eigenvalue weighted by atomic mass is 32.2. The highest BCUT2D eigenvalue weighted by Crippen LogP contribution is 2.26. The number of azide groups is 1. The maximum absolute atomic E-state index is 12.7. The number of nitrogens with one attached hydrogen (secondary N) is 1. The van der Waals surface area contributed by atoms with Crippen LogP contribution in [0.2, 0.25) is 0 Å². The second-order valence-electron chi connectivity index (χ2n) is 10.3. The van der Waals surface area contributed by atoms with Crippen LogP contribution in [0.15, 0.2) is 17.3 Å². The molecule has 2 aliphatic rings. The first-order valence-electron chi connectivity index (χ1n) is 15.3. The number of ether oxygens (including phenoxy) is 3. The van der Waals surface area contributed by atoms with Gasteiger partial charge in [0, 0.05) is 101 Å². The number of hydrogen-bond donors (Lipinski definition) is 1. The van der Waals surface area contributed by atoms with Gasteiger partial charge >= 0.3 is 0 Å². The molecule has 0 aromatic heterocycles. The fourth-order valence-electron chi connectivity index (χ4n) is 4.35. The van der Waals surface area contributed by atoms with Gasteiger partial charge in [0.25, 0.3) is 11.8 Å². The second-order valence-corrected chi connectivity index (χ2v) is 11.6. The Balaban J connectivity index is 1.45. The van der Waals surface area contributed by atoms with Crippen LogP contribution in [-0.4, -0.2) is 128 Å². The van der Waals surface area contributed by atoms with E-state index in [1.807, 2.05) is 0 Å².